The van der Waals surface area contributed by atoms with Crippen LogP contribution in [0.5, 0.6) is 0 Å². The third-order valence-corrected chi connectivity index (χ3v) is 9.77. The minimum absolute atomic E-state index is 0.0718. The van der Waals surface area contributed by atoms with Crippen LogP contribution in [0.4, 0.5) is 10.5 Å². The van der Waals surface area contributed by atoms with Gasteiger partial charge in [-0.2, -0.15) is 0 Å². The van der Waals surface area contributed by atoms with Crippen LogP contribution in [0.1, 0.15) is 30.9 Å². The normalized spacial score (nSPS) is 29.9. The van der Waals surface area contributed by atoms with Crippen molar-refractivity contribution in [3.05, 3.63) is 72.3 Å². The molecule has 0 spiro atoms. The molecule has 5 unspecified atom stereocenters. The van der Waals surface area contributed by atoms with E-state index >= 15 is 0 Å². The van der Waals surface area contributed by atoms with Gasteiger partial charge in [-0.05, 0) is 49.4 Å². The van der Waals surface area contributed by atoms with Crippen LogP contribution in [0.25, 0.3) is 0 Å². The molecule has 2 aromatic carbocycles. The number of aliphatic hydroxyl groups is 1. The Labute approximate surface area is 200 Å². The van der Waals surface area contributed by atoms with E-state index in [1.165, 1.54) is 10.4 Å². The number of nitrogens with zero attached hydrogens (tertiary/aromatic N) is 2. The number of likely N-dealkylation sites (tertiary alicyclic amines) is 1. The van der Waals surface area contributed by atoms with Crippen molar-refractivity contribution in [2.45, 2.75) is 55.2 Å². The van der Waals surface area contributed by atoms with Crippen LogP contribution in [-0.4, -0.2) is 55.9 Å². The fourth-order valence-electron chi connectivity index (χ4n) is 6.34. The first-order chi connectivity index (χ1) is 16.2. The van der Waals surface area contributed by atoms with Crippen molar-refractivity contribution < 1.29 is 23.1 Å². The minimum atomic E-state index is -3.94. The molecular weight excluding hydrogens is 452 g/mol. The highest BCUT2D eigenvalue weighted by molar-refractivity contribution is 7.93. The van der Waals surface area contributed by atoms with Crippen molar-refractivity contribution in [1.82, 2.24) is 4.90 Å². The van der Waals surface area contributed by atoms with Gasteiger partial charge in [0, 0.05) is 12.0 Å². The predicted molar refractivity (Wildman–Crippen MR) is 129 cm³/mol. The van der Waals surface area contributed by atoms with Crippen LogP contribution in [0.3, 0.4) is 0 Å². The van der Waals surface area contributed by atoms with E-state index < -0.39 is 39.7 Å². The smallest absolute Gasteiger partial charge is 0.410 e. The molecule has 1 amide bonds. The van der Waals surface area contributed by atoms with Crippen LogP contribution < -0.4 is 4.31 Å². The van der Waals surface area contributed by atoms with Crippen molar-refractivity contribution >= 4 is 21.8 Å². The first-order valence-electron chi connectivity index (χ1n) is 11.7. The van der Waals surface area contributed by atoms with Crippen LogP contribution in [0.2, 0.25) is 0 Å². The number of anilines is 1. The van der Waals surface area contributed by atoms with E-state index in [1.807, 2.05) is 38.1 Å². The molecule has 3 aliphatic rings. The predicted octanol–water partition coefficient (Wildman–Crippen LogP) is 3.61. The number of para-hydroxylation sites is 1. The molecule has 7 nitrogen and oxygen atoms in total. The van der Waals surface area contributed by atoms with Crippen LogP contribution in [0, 0.1) is 12.8 Å². The third-order valence-electron chi connectivity index (χ3n) is 7.96. The van der Waals surface area contributed by atoms with Crippen molar-refractivity contribution in [2.24, 2.45) is 5.92 Å². The number of piperidine rings is 1. The molecular formula is C26H30N2O5S. The Morgan fingerprint density at radius 2 is 1.94 bits per heavy atom. The zero-order valence-electron chi connectivity index (χ0n) is 19.4. The molecule has 1 aliphatic carbocycles. The Morgan fingerprint density at radius 3 is 2.65 bits per heavy atom. The standard InChI is InChI=1S/C26H30N2O5S/c1-4-15-33-25(30)27-14-13-26-18(3)23(29)16-22(27)24(26)28(21-8-6-5-7-20(21)26)34(31,32)19-11-9-17(2)10-12-19/h4-12,18,22-24,29H,1,13-16H2,2-3H3. The van der Waals surface area contributed by atoms with Gasteiger partial charge in [0.1, 0.15) is 6.61 Å². The van der Waals surface area contributed by atoms with E-state index in [1.54, 1.807) is 29.2 Å². The van der Waals surface area contributed by atoms with Crippen molar-refractivity contribution in [3.63, 3.8) is 0 Å². The number of aryl methyl sites for hydroxylation is 1. The third kappa shape index (κ3) is 3.11. The molecule has 2 bridgehead atoms. The van der Waals surface area contributed by atoms with E-state index in [2.05, 4.69) is 6.58 Å². The van der Waals surface area contributed by atoms with Gasteiger partial charge in [0.15, 0.2) is 0 Å². The number of ether oxygens (including phenoxy) is 1. The lowest BCUT2D eigenvalue weighted by Crippen LogP contribution is -2.71. The molecule has 2 aliphatic heterocycles. The summed E-state index contributed by atoms with van der Waals surface area (Å²) in [5.74, 6) is -0.181. The zero-order valence-corrected chi connectivity index (χ0v) is 20.2. The average Bonchev–Trinajstić information content (AvgIpc) is 3.15. The van der Waals surface area contributed by atoms with Crippen molar-refractivity contribution in [2.75, 3.05) is 17.5 Å². The van der Waals surface area contributed by atoms with Crippen molar-refractivity contribution in [3.8, 4) is 0 Å². The monoisotopic (exact) mass is 482 g/mol. The molecule has 8 heteroatoms. The van der Waals surface area contributed by atoms with E-state index in [-0.39, 0.29) is 23.8 Å². The molecule has 34 heavy (non-hydrogen) atoms. The van der Waals surface area contributed by atoms with Gasteiger partial charge >= 0.3 is 6.09 Å². The van der Waals surface area contributed by atoms with Gasteiger partial charge in [-0.1, -0.05) is 55.5 Å². The summed E-state index contributed by atoms with van der Waals surface area (Å²) in [7, 11) is -3.94. The summed E-state index contributed by atoms with van der Waals surface area (Å²) in [5.41, 5.74) is 1.91. The molecule has 0 aromatic heterocycles. The van der Waals surface area contributed by atoms with E-state index in [9.17, 15) is 18.3 Å². The number of aliphatic hydroxyl groups excluding tert-OH is 1. The average molecular weight is 483 g/mol. The molecule has 2 aromatic rings. The molecule has 0 radical (unpaired) electrons. The first-order valence-corrected chi connectivity index (χ1v) is 13.1. The number of benzene rings is 2. The Balaban J connectivity index is 1.69. The van der Waals surface area contributed by atoms with Gasteiger partial charge in [-0.15, -0.1) is 0 Å². The second-order valence-electron chi connectivity index (χ2n) is 9.58. The number of hydrogen-bond acceptors (Lipinski definition) is 5. The highest BCUT2D eigenvalue weighted by Crippen LogP contribution is 2.60. The van der Waals surface area contributed by atoms with Gasteiger partial charge in [0.25, 0.3) is 10.0 Å². The van der Waals surface area contributed by atoms with E-state index in [0.29, 0.717) is 18.7 Å². The lowest BCUT2D eigenvalue weighted by molar-refractivity contribution is -0.0603. The van der Waals surface area contributed by atoms with Crippen LogP contribution in [-0.2, 0) is 20.2 Å². The van der Waals surface area contributed by atoms with Gasteiger partial charge in [0.2, 0.25) is 0 Å². The van der Waals surface area contributed by atoms with Gasteiger partial charge in [-0.25, -0.2) is 13.2 Å². The maximum Gasteiger partial charge on any atom is 0.410 e. The first kappa shape index (κ1) is 22.9. The summed E-state index contributed by atoms with van der Waals surface area (Å²) >= 11 is 0. The number of hydrogen-bond donors (Lipinski definition) is 1. The lowest BCUT2D eigenvalue weighted by Gasteiger charge is -2.58. The van der Waals surface area contributed by atoms with Gasteiger partial charge in [-0.3, -0.25) is 4.31 Å². The molecule has 1 saturated heterocycles. The molecule has 2 heterocycles. The molecule has 5 rings (SSSR count). The number of fused-ring (bicyclic) bond motifs is 1. The van der Waals surface area contributed by atoms with Crippen LogP contribution in [0.15, 0.2) is 66.1 Å². The zero-order chi connectivity index (χ0) is 24.3. The summed E-state index contributed by atoms with van der Waals surface area (Å²) in [6.07, 6.45) is 1.14. The maximum absolute atomic E-state index is 14.1. The van der Waals surface area contributed by atoms with E-state index in [4.69, 9.17) is 4.74 Å². The number of carbonyl (C=O) groups excluding carboxylic acids is 1. The van der Waals surface area contributed by atoms with Crippen molar-refractivity contribution in [1.29, 1.82) is 0 Å². The van der Waals surface area contributed by atoms with Crippen LogP contribution >= 0.6 is 0 Å². The second-order valence-corrected chi connectivity index (χ2v) is 11.4. The SMILES string of the molecule is C=CCOC(=O)N1CCC23c4ccccc4N(S(=O)(=O)c4ccc(C)cc4)C2C1CC(O)C3C. The maximum atomic E-state index is 14.1. The highest BCUT2D eigenvalue weighted by atomic mass is 32.2. The summed E-state index contributed by atoms with van der Waals surface area (Å²) in [4.78, 5) is 14.8. The number of carbonyl (C=O) groups is 1. The number of sulfonamides is 1. The molecule has 180 valence electrons. The molecule has 1 saturated carbocycles. The van der Waals surface area contributed by atoms with Gasteiger partial charge in [0.05, 0.1) is 28.8 Å². The minimum Gasteiger partial charge on any atom is -0.445 e. The summed E-state index contributed by atoms with van der Waals surface area (Å²) in [6, 6.07) is 13.3. The number of rotatable bonds is 4. The molecule has 1 N–H and O–H groups in total. The fourth-order valence-corrected chi connectivity index (χ4v) is 8.09. The lowest BCUT2D eigenvalue weighted by atomic mass is 9.56. The Hall–Kier alpha value is -2.84. The summed E-state index contributed by atoms with van der Waals surface area (Å²) < 4.78 is 35.2. The topological polar surface area (TPSA) is 87.2 Å². The molecule has 5 atom stereocenters. The second kappa shape index (κ2) is 8.13. The highest BCUT2D eigenvalue weighted by Gasteiger charge is 2.66. The Kier molecular flexibility index (Phi) is 5.48. The number of amides is 1. The summed E-state index contributed by atoms with van der Waals surface area (Å²) in [5, 5.41) is 11.1. The molecule has 2 fully saturated rings. The van der Waals surface area contributed by atoms with E-state index in [0.717, 1.165) is 11.1 Å². The summed E-state index contributed by atoms with van der Waals surface area (Å²) in [6.45, 7) is 8.02. The Bertz CT molecular complexity index is 1230. The van der Waals surface area contributed by atoms with Gasteiger partial charge < -0.3 is 14.7 Å². The fraction of sp³-hybridized carbons (Fsp3) is 0.423. The Morgan fingerprint density at radius 1 is 1.24 bits per heavy atom. The quantitative estimate of drug-likeness (QED) is 0.673. The largest absolute Gasteiger partial charge is 0.445 e.